The zero-order chi connectivity index (χ0) is 13.9. The van der Waals surface area contributed by atoms with Crippen molar-refractivity contribution in [3.63, 3.8) is 0 Å². The Hall–Kier alpha value is -1.34. The first-order valence-electron chi connectivity index (χ1n) is 6.17. The molecule has 1 aliphatic rings. The lowest BCUT2D eigenvalue weighted by molar-refractivity contribution is -0.146. The van der Waals surface area contributed by atoms with Gasteiger partial charge in [-0.3, -0.25) is 4.90 Å². The molecule has 1 saturated heterocycles. The Morgan fingerprint density at radius 3 is 2.32 bits per heavy atom. The van der Waals surface area contributed by atoms with Gasteiger partial charge in [-0.2, -0.15) is 13.2 Å². The van der Waals surface area contributed by atoms with Crippen molar-refractivity contribution in [2.24, 2.45) is 5.73 Å². The summed E-state index contributed by atoms with van der Waals surface area (Å²) in [6, 6.07) is 3.76. The molecule has 0 atom stereocenters. The molecule has 1 aromatic rings. The molecular formula is C12H17F3N4. The number of aromatic nitrogens is 1. The second kappa shape index (κ2) is 5.75. The van der Waals surface area contributed by atoms with Crippen LogP contribution in [0.25, 0.3) is 0 Å². The zero-order valence-electron chi connectivity index (χ0n) is 10.5. The molecule has 19 heavy (non-hydrogen) atoms. The Labute approximate surface area is 110 Å². The first-order valence-corrected chi connectivity index (χ1v) is 6.17. The molecule has 1 aromatic heterocycles. The molecule has 106 valence electrons. The fraction of sp³-hybridized carbons (Fsp3) is 0.583. The van der Waals surface area contributed by atoms with Crippen LogP contribution in [0.15, 0.2) is 18.3 Å². The van der Waals surface area contributed by atoms with Crippen LogP contribution < -0.4 is 10.6 Å². The second-order valence-electron chi connectivity index (χ2n) is 4.61. The van der Waals surface area contributed by atoms with Gasteiger partial charge in [0, 0.05) is 38.9 Å². The Morgan fingerprint density at radius 2 is 1.84 bits per heavy atom. The van der Waals surface area contributed by atoms with Crippen molar-refractivity contribution < 1.29 is 13.2 Å². The van der Waals surface area contributed by atoms with Crippen molar-refractivity contribution >= 4 is 5.82 Å². The predicted octanol–water partition coefficient (Wildman–Crippen LogP) is 1.22. The van der Waals surface area contributed by atoms with Crippen LogP contribution in [0.1, 0.15) is 5.56 Å². The number of hydrogen-bond donors (Lipinski definition) is 1. The third-order valence-electron chi connectivity index (χ3n) is 3.14. The lowest BCUT2D eigenvalue weighted by Crippen LogP contribution is -2.49. The Balaban J connectivity index is 1.88. The maximum atomic E-state index is 12.3. The molecule has 0 radical (unpaired) electrons. The molecule has 0 aromatic carbocycles. The summed E-state index contributed by atoms with van der Waals surface area (Å²) in [5.74, 6) is 0.795. The summed E-state index contributed by atoms with van der Waals surface area (Å²) < 4.78 is 36.8. The molecule has 2 N–H and O–H groups in total. The van der Waals surface area contributed by atoms with Crippen molar-refractivity contribution in [2.75, 3.05) is 37.6 Å². The summed E-state index contributed by atoms with van der Waals surface area (Å²) in [6.45, 7) is 1.53. The highest BCUT2D eigenvalue weighted by molar-refractivity contribution is 5.39. The standard InChI is InChI=1S/C12H17F3N4/c13-12(14,15)9-18-3-5-19(6-4-18)11-2-1-10(7-16)8-17-11/h1-2,8H,3-7,9,16H2. The third kappa shape index (κ3) is 4.07. The lowest BCUT2D eigenvalue weighted by atomic mass is 10.2. The van der Waals surface area contributed by atoms with Gasteiger partial charge in [-0.1, -0.05) is 6.07 Å². The molecule has 7 heteroatoms. The first-order chi connectivity index (χ1) is 8.98. The summed E-state index contributed by atoms with van der Waals surface area (Å²) >= 11 is 0. The molecular weight excluding hydrogens is 257 g/mol. The molecule has 4 nitrogen and oxygen atoms in total. The zero-order valence-corrected chi connectivity index (χ0v) is 10.5. The Morgan fingerprint density at radius 1 is 1.16 bits per heavy atom. The van der Waals surface area contributed by atoms with E-state index in [1.165, 1.54) is 4.90 Å². The Bertz CT molecular complexity index is 396. The summed E-state index contributed by atoms with van der Waals surface area (Å²) in [5, 5.41) is 0. The minimum absolute atomic E-state index is 0.403. The van der Waals surface area contributed by atoms with Crippen LogP contribution in [0.4, 0.5) is 19.0 Å². The SMILES string of the molecule is NCc1ccc(N2CCN(CC(F)(F)F)CC2)nc1. The van der Waals surface area contributed by atoms with Gasteiger partial charge in [0.2, 0.25) is 0 Å². The van der Waals surface area contributed by atoms with Crippen LogP contribution in [0.2, 0.25) is 0 Å². The van der Waals surface area contributed by atoms with E-state index in [0.29, 0.717) is 32.7 Å². The fourth-order valence-electron chi connectivity index (χ4n) is 2.11. The summed E-state index contributed by atoms with van der Waals surface area (Å²) in [7, 11) is 0. The molecule has 0 amide bonds. The number of rotatable bonds is 3. The number of nitrogens with zero attached hydrogens (tertiary/aromatic N) is 3. The van der Waals surface area contributed by atoms with E-state index < -0.39 is 12.7 Å². The van der Waals surface area contributed by atoms with E-state index in [4.69, 9.17) is 5.73 Å². The average molecular weight is 274 g/mol. The van der Waals surface area contributed by atoms with E-state index in [2.05, 4.69) is 4.98 Å². The van der Waals surface area contributed by atoms with Gasteiger partial charge in [-0.15, -0.1) is 0 Å². The molecule has 0 bridgehead atoms. The summed E-state index contributed by atoms with van der Waals surface area (Å²) in [6.07, 6.45) is -2.42. The maximum absolute atomic E-state index is 12.3. The quantitative estimate of drug-likeness (QED) is 0.900. The van der Waals surface area contributed by atoms with Gasteiger partial charge in [0.1, 0.15) is 5.82 Å². The minimum atomic E-state index is -4.12. The van der Waals surface area contributed by atoms with E-state index >= 15 is 0 Å². The van der Waals surface area contributed by atoms with E-state index in [1.807, 2.05) is 17.0 Å². The molecule has 1 aliphatic heterocycles. The van der Waals surface area contributed by atoms with Crippen LogP contribution >= 0.6 is 0 Å². The predicted molar refractivity (Wildman–Crippen MR) is 66.8 cm³/mol. The van der Waals surface area contributed by atoms with Crippen molar-refractivity contribution in [2.45, 2.75) is 12.7 Å². The van der Waals surface area contributed by atoms with Gasteiger partial charge in [0.15, 0.2) is 0 Å². The monoisotopic (exact) mass is 274 g/mol. The van der Waals surface area contributed by atoms with Crippen LogP contribution in [-0.2, 0) is 6.54 Å². The number of anilines is 1. The number of alkyl halides is 3. The minimum Gasteiger partial charge on any atom is -0.354 e. The highest BCUT2D eigenvalue weighted by Gasteiger charge is 2.32. The lowest BCUT2D eigenvalue weighted by Gasteiger charge is -2.35. The van der Waals surface area contributed by atoms with Gasteiger partial charge in [-0.05, 0) is 11.6 Å². The van der Waals surface area contributed by atoms with Crippen molar-refractivity contribution in [3.05, 3.63) is 23.9 Å². The fourth-order valence-corrected chi connectivity index (χ4v) is 2.11. The summed E-state index contributed by atoms with van der Waals surface area (Å²) in [5.41, 5.74) is 6.43. The van der Waals surface area contributed by atoms with Gasteiger partial charge in [0.25, 0.3) is 0 Å². The third-order valence-corrected chi connectivity index (χ3v) is 3.14. The molecule has 0 unspecified atom stereocenters. The van der Waals surface area contributed by atoms with Crippen LogP contribution in [0, 0.1) is 0 Å². The number of nitrogens with two attached hydrogens (primary N) is 1. The van der Waals surface area contributed by atoms with E-state index in [1.54, 1.807) is 6.20 Å². The number of halogens is 3. The van der Waals surface area contributed by atoms with Gasteiger partial charge in [0.05, 0.1) is 6.54 Å². The summed E-state index contributed by atoms with van der Waals surface area (Å²) in [4.78, 5) is 7.69. The largest absolute Gasteiger partial charge is 0.401 e. The van der Waals surface area contributed by atoms with Gasteiger partial charge < -0.3 is 10.6 Å². The van der Waals surface area contributed by atoms with Crippen LogP contribution in [0.5, 0.6) is 0 Å². The molecule has 0 spiro atoms. The smallest absolute Gasteiger partial charge is 0.354 e. The highest BCUT2D eigenvalue weighted by Crippen LogP contribution is 2.19. The van der Waals surface area contributed by atoms with Gasteiger partial charge in [-0.25, -0.2) is 4.98 Å². The second-order valence-corrected chi connectivity index (χ2v) is 4.61. The highest BCUT2D eigenvalue weighted by atomic mass is 19.4. The average Bonchev–Trinajstić information content (AvgIpc) is 2.38. The maximum Gasteiger partial charge on any atom is 0.401 e. The molecule has 2 rings (SSSR count). The molecule has 0 aliphatic carbocycles. The molecule has 2 heterocycles. The first kappa shape index (κ1) is 14.1. The molecule has 0 saturated carbocycles. The van der Waals surface area contributed by atoms with E-state index in [-0.39, 0.29) is 0 Å². The van der Waals surface area contributed by atoms with Crippen molar-refractivity contribution in [1.29, 1.82) is 0 Å². The van der Waals surface area contributed by atoms with Crippen molar-refractivity contribution in [1.82, 2.24) is 9.88 Å². The number of piperazine rings is 1. The van der Waals surface area contributed by atoms with E-state index in [9.17, 15) is 13.2 Å². The van der Waals surface area contributed by atoms with E-state index in [0.717, 1.165) is 11.4 Å². The number of hydrogen-bond acceptors (Lipinski definition) is 4. The topological polar surface area (TPSA) is 45.4 Å². The van der Waals surface area contributed by atoms with Crippen LogP contribution in [0.3, 0.4) is 0 Å². The number of pyridine rings is 1. The Kier molecular flexibility index (Phi) is 4.26. The van der Waals surface area contributed by atoms with Crippen molar-refractivity contribution in [3.8, 4) is 0 Å². The molecule has 1 fully saturated rings. The van der Waals surface area contributed by atoms with Crippen LogP contribution in [-0.4, -0.2) is 48.8 Å². The van der Waals surface area contributed by atoms with Gasteiger partial charge >= 0.3 is 6.18 Å². The normalized spacial score (nSPS) is 17.8.